The van der Waals surface area contributed by atoms with Gasteiger partial charge >= 0.3 is 0 Å². The van der Waals surface area contributed by atoms with Gasteiger partial charge in [-0.1, -0.05) is 30.7 Å². The summed E-state index contributed by atoms with van der Waals surface area (Å²) in [6, 6.07) is 8.05. The molecule has 3 rings (SSSR count). The van der Waals surface area contributed by atoms with Crippen LogP contribution in [0.4, 0.5) is 0 Å². The molecule has 7 heteroatoms. The lowest BCUT2D eigenvalue weighted by Gasteiger charge is -2.34. The van der Waals surface area contributed by atoms with E-state index in [4.69, 9.17) is 0 Å². The summed E-state index contributed by atoms with van der Waals surface area (Å²) in [6.45, 7) is 9.84. The zero-order valence-electron chi connectivity index (χ0n) is 19.3. The van der Waals surface area contributed by atoms with E-state index < -0.39 is 0 Å². The molecular formula is C24H39N5O2. The highest BCUT2D eigenvalue weighted by atomic mass is 16.2. The van der Waals surface area contributed by atoms with E-state index in [0.29, 0.717) is 13.1 Å². The fraction of sp³-hybridized carbons (Fsp3) is 0.667. The van der Waals surface area contributed by atoms with Crippen molar-refractivity contribution in [3.8, 4) is 0 Å². The number of ketones is 1. The molecule has 0 unspecified atom stereocenters. The fourth-order valence-corrected chi connectivity index (χ4v) is 4.22. The van der Waals surface area contributed by atoms with Gasteiger partial charge < -0.3 is 15.1 Å². The lowest BCUT2D eigenvalue weighted by Crippen LogP contribution is -2.48. The van der Waals surface area contributed by atoms with Crippen molar-refractivity contribution in [3.63, 3.8) is 0 Å². The van der Waals surface area contributed by atoms with Crippen LogP contribution >= 0.6 is 0 Å². The molecule has 0 bridgehead atoms. The van der Waals surface area contributed by atoms with Crippen LogP contribution in [0.5, 0.6) is 0 Å². The SMILES string of the molecule is CN(C)C(=O)CN1CCN(Cc2ccc(C(=O)CNCCN3CCCCC3)cc2)CC1. The number of piperidine rings is 1. The Morgan fingerprint density at radius 3 is 2.16 bits per heavy atom. The zero-order chi connectivity index (χ0) is 22.1. The van der Waals surface area contributed by atoms with Gasteiger partial charge in [-0.05, 0) is 31.5 Å². The number of hydrogen-bond donors (Lipinski definition) is 1. The first kappa shape index (κ1) is 23.9. The van der Waals surface area contributed by atoms with Crippen LogP contribution in [0, 0.1) is 0 Å². The summed E-state index contributed by atoms with van der Waals surface area (Å²) < 4.78 is 0. The smallest absolute Gasteiger partial charge is 0.236 e. The molecule has 2 aliphatic rings. The Kier molecular flexibility index (Phi) is 9.46. The van der Waals surface area contributed by atoms with Gasteiger partial charge in [0.25, 0.3) is 0 Å². The van der Waals surface area contributed by atoms with E-state index in [0.717, 1.165) is 51.4 Å². The Balaban J connectivity index is 1.34. The summed E-state index contributed by atoms with van der Waals surface area (Å²) in [4.78, 5) is 33.1. The first-order chi connectivity index (χ1) is 15.0. The molecule has 1 aromatic carbocycles. The third-order valence-corrected chi connectivity index (χ3v) is 6.34. The van der Waals surface area contributed by atoms with Crippen molar-refractivity contribution in [2.45, 2.75) is 25.8 Å². The Morgan fingerprint density at radius 2 is 1.52 bits per heavy atom. The second-order valence-corrected chi connectivity index (χ2v) is 9.04. The predicted molar refractivity (Wildman–Crippen MR) is 124 cm³/mol. The van der Waals surface area contributed by atoms with Crippen LogP contribution in [0.2, 0.25) is 0 Å². The lowest BCUT2D eigenvalue weighted by atomic mass is 10.1. The second kappa shape index (κ2) is 12.3. The van der Waals surface area contributed by atoms with Gasteiger partial charge in [-0.3, -0.25) is 19.4 Å². The first-order valence-corrected chi connectivity index (χ1v) is 11.7. The van der Waals surface area contributed by atoms with E-state index in [2.05, 4.69) is 32.1 Å². The molecule has 0 radical (unpaired) electrons. The van der Waals surface area contributed by atoms with Crippen LogP contribution in [0.15, 0.2) is 24.3 Å². The molecule has 2 aliphatic heterocycles. The van der Waals surface area contributed by atoms with Crippen molar-refractivity contribution >= 4 is 11.7 Å². The minimum Gasteiger partial charge on any atom is -0.348 e. The van der Waals surface area contributed by atoms with Gasteiger partial charge in [0.2, 0.25) is 5.91 Å². The number of hydrogen-bond acceptors (Lipinski definition) is 6. The number of benzene rings is 1. The highest BCUT2D eigenvalue weighted by Gasteiger charge is 2.19. The van der Waals surface area contributed by atoms with Crippen LogP contribution in [0.1, 0.15) is 35.2 Å². The van der Waals surface area contributed by atoms with E-state index in [-0.39, 0.29) is 11.7 Å². The van der Waals surface area contributed by atoms with Gasteiger partial charge in [-0.2, -0.15) is 0 Å². The van der Waals surface area contributed by atoms with Gasteiger partial charge in [0, 0.05) is 65.5 Å². The van der Waals surface area contributed by atoms with Crippen molar-refractivity contribution in [1.29, 1.82) is 0 Å². The molecule has 2 fully saturated rings. The Hall–Kier alpha value is -1.80. The Morgan fingerprint density at radius 1 is 0.871 bits per heavy atom. The molecule has 0 aliphatic carbocycles. The minimum atomic E-state index is 0.157. The molecule has 2 saturated heterocycles. The number of likely N-dealkylation sites (tertiary alicyclic amines) is 1. The topological polar surface area (TPSA) is 59.1 Å². The summed E-state index contributed by atoms with van der Waals surface area (Å²) in [5.41, 5.74) is 2.01. The first-order valence-electron chi connectivity index (χ1n) is 11.7. The molecule has 1 N–H and O–H groups in total. The maximum atomic E-state index is 12.4. The van der Waals surface area contributed by atoms with E-state index in [9.17, 15) is 9.59 Å². The van der Waals surface area contributed by atoms with E-state index >= 15 is 0 Å². The number of nitrogens with zero attached hydrogens (tertiary/aromatic N) is 4. The van der Waals surface area contributed by atoms with Crippen molar-refractivity contribution in [1.82, 2.24) is 24.9 Å². The maximum Gasteiger partial charge on any atom is 0.236 e. The average molecular weight is 430 g/mol. The number of carbonyl (C=O) groups excluding carboxylic acids is 2. The third-order valence-electron chi connectivity index (χ3n) is 6.34. The summed E-state index contributed by atoms with van der Waals surface area (Å²) in [5.74, 6) is 0.319. The third kappa shape index (κ3) is 8.00. The molecule has 0 saturated carbocycles. The number of nitrogens with one attached hydrogen (secondary N) is 1. The molecule has 0 aromatic heterocycles. The summed E-state index contributed by atoms with van der Waals surface area (Å²) in [7, 11) is 3.61. The molecule has 0 atom stereocenters. The fourth-order valence-electron chi connectivity index (χ4n) is 4.22. The maximum absolute atomic E-state index is 12.4. The van der Waals surface area contributed by atoms with Crippen molar-refractivity contribution in [2.24, 2.45) is 0 Å². The van der Waals surface area contributed by atoms with Crippen LogP contribution in [-0.2, 0) is 11.3 Å². The highest BCUT2D eigenvalue weighted by molar-refractivity contribution is 5.97. The molecule has 0 spiro atoms. The molecule has 2 heterocycles. The number of piperazine rings is 1. The number of likely N-dealkylation sites (N-methyl/N-ethyl adjacent to an activating group) is 1. The average Bonchev–Trinajstić information content (AvgIpc) is 2.79. The van der Waals surface area contributed by atoms with Gasteiger partial charge in [0.1, 0.15) is 0 Å². The normalized spacial score (nSPS) is 18.8. The second-order valence-electron chi connectivity index (χ2n) is 9.04. The van der Waals surface area contributed by atoms with Crippen molar-refractivity contribution < 1.29 is 9.59 Å². The van der Waals surface area contributed by atoms with Crippen LogP contribution in [0.25, 0.3) is 0 Å². The number of amides is 1. The van der Waals surface area contributed by atoms with Crippen LogP contribution in [-0.4, -0.2) is 111 Å². The van der Waals surface area contributed by atoms with Crippen molar-refractivity contribution in [3.05, 3.63) is 35.4 Å². The van der Waals surface area contributed by atoms with Crippen molar-refractivity contribution in [2.75, 3.05) is 79.5 Å². The predicted octanol–water partition coefficient (Wildman–Crippen LogP) is 1.15. The largest absolute Gasteiger partial charge is 0.348 e. The molecule has 31 heavy (non-hydrogen) atoms. The Bertz CT molecular complexity index is 692. The number of Topliss-reactive ketones (excluding diaryl/α,β-unsaturated/α-hetero) is 1. The number of carbonyl (C=O) groups is 2. The molecular weight excluding hydrogens is 390 g/mol. The van der Waals surface area contributed by atoms with Crippen LogP contribution in [0.3, 0.4) is 0 Å². The van der Waals surface area contributed by atoms with E-state index in [1.807, 2.05) is 12.1 Å². The van der Waals surface area contributed by atoms with E-state index in [1.165, 1.54) is 37.9 Å². The Labute approximate surface area is 187 Å². The number of rotatable bonds is 10. The minimum absolute atomic E-state index is 0.157. The highest BCUT2D eigenvalue weighted by Crippen LogP contribution is 2.11. The van der Waals surface area contributed by atoms with Gasteiger partial charge in [0.05, 0.1) is 13.1 Å². The standard InChI is InChI=1S/C24H39N5O2/c1-26(2)24(31)20-29-16-14-28(15-17-29)19-21-6-8-22(9-7-21)23(30)18-25-10-13-27-11-4-3-5-12-27/h6-9,25H,3-5,10-20H2,1-2H3. The van der Waals surface area contributed by atoms with Gasteiger partial charge in [0.15, 0.2) is 5.78 Å². The molecule has 1 aromatic rings. The summed E-state index contributed by atoms with van der Waals surface area (Å²) in [6.07, 6.45) is 3.96. The zero-order valence-corrected chi connectivity index (χ0v) is 19.3. The molecule has 7 nitrogen and oxygen atoms in total. The quantitative estimate of drug-likeness (QED) is 0.445. The van der Waals surface area contributed by atoms with Gasteiger partial charge in [-0.25, -0.2) is 0 Å². The molecule has 172 valence electrons. The molecule has 1 amide bonds. The lowest BCUT2D eigenvalue weighted by molar-refractivity contribution is -0.130. The summed E-state index contributed by atoms with van der Waals surface area (Å²) >= 11 is 0. The summed E-state index contributed by atoms with van der Waals surface area (Å²) in [5, 5.41) is 3.30. The van der Waals surface area contributed by atoms with E-state index in [1.54, 1.807) is 19.0 Å². The van der Waals surface area contributed by atoms with Crippen LogP contribution < -0.4 is 5.32 Å². The van der Waals surface area contributed by atoms with Gasteiger partial charge in [-0.15, -0.1) is 0 Å². The monoisotopic (exact) mass is 429 g/mol.